The summed E-state index contributed by atoms with van der Waals surface area (Å²) in [5.74, 6) is 0.218. The summed E-state index contributed by atoms with van der Waals surface area (Å²) in [6.45, 7) is 6.84. The summed E-state index contributed by atoms with van der Waals surface area (Å²) in [6, 6.07) is 5.88. The third-order valence-corrected chi connectivity index (χ3v) is 4.67. The molecule has 128 valence electrons. The lowest BCUT2D eigenvalue weighted by atomic mass is 9.87. The number of hydrogen-bond acceptors (Lipinski definition) is 3. The van der Waals surface area contributed by atoms with Crippen molar-refractivity contribution in [3.8, 4) is 0 Å². The summed E-state index contributed by atoms with van der Waals surface area (Å²) in [4.78, 5) is 3.96. The van der Waals surface area contributed by atoms with Gasteiger partial charge in [-0.2, -0.15) is 5.10 Å². The van der Waals surface area contributed by atoms with E-state index < -0.39 is 5.60 Å². The summed E-state index contributed by atoms with van der Waals surface area (Å²) in [7, 11) is 0. The van der Waals surface area contributed by atoms with E-state index in [2.05, 4.69) is 43.0 Å². The van der Waals surface area contributed by atoms with E-state index in [1.54, 1.807) is 11.0 Å². The molecule has 5 heteroatoms. The van der Waals surface area contributed by atoms with Gasteiger partial charge in [-0.3, -0.25) is 0 Å². The molecule has 3 rings (SSSR count). The molecule has 0 amide bonds. The fraction of sp³-hybridized carbons (Fsp3) is 0.474. The van der Waals surface area contributed by atoms with E-state index in [0.29, 0.717) is 11.6 Å². The molecule has 24 heavy (non-hydrogen) atoms. The summed E-state index contributed by atoms with van der Waals surface area (Å²) < 4.78 is 1.67. The third-order valence-electron chi connectivity index (χ3n) is 4.36. The molecule has 1 fully saturated rings. The van der Waals surface area contributed by atoms with Crippen LogP contribution in [-0.2, 0) is 12.1 Å². The summed E-state index contributed by atoms with van der Waals surface area (Å²) in [6.07, 6.45) is 9.35. The van der Waals surface area contributed by atoms with E-state index in [4.69, 9.17) is 11.6 Å². The van der Waals surface area contributed by atoms with Gasteiger partial charge in [-0.05, 0) is 35.8 Å². The van der Waals surface area contributed by atoms with Crippen molar-refractivity contribution in [1.82, 2.24) is 14.8 Å². The Morgan fingerprint density at radius 2 is 2.08 bits per heavy atom. The van der Waals surface area contributed by atoms with Crippen molar-refractivity contribution < 1.29 is 5.11 Å². The van der Waals surface area contributed by atoms with Gasteiger partial charge in [0.15, 0.2) is 0 Å². The summed E-state index contributed by atoms with van der Waals surface area (Å²) in [5, 5.41) is 16.1. The highest BCUT2D eigenvalue weighted by molar-refractivity contribution is 6.31. The molecular weight excluding hydrogens is 322 g/mol. The van der Waals surface area contributed by atoms with Crippen molar-refractivity contribution in [3.05, 3.63) is 53.1 Å². The molecule has 1 aromatic carbocycles. The molecule has 1 N–H and O–H groups in total. The summed E-state index contributed by atoms with van der Waals surface area (Å²) >= 11 is 6.54. The number of benzene rings is 1. The minimum atomic E-state index is -1.00. The smallest absolute Gasteiger partial charge is 0.137 e. The summed E-state index contributed by atoms with van der Waals surface area (Å²) in [5.41, 5.74) is 0.928. The van der Waals surface area contributed by atoms with Crippen LogP contribution in [0.15, 0.2) is 36.9 Å². The van der Waals surface area contributed by atoms with E-state index in [-0.39, 0.29) is 11.3 Å². The number of nitrogens with zero attached hydrogens (tertiary/aromatic N) is 3. The average molecular weight is 346 g/mol. The van der Waals surface area contributed by atoms with E-state index in [1.807, 2.05) is 18.2 Å². The molecule has 0 aliphatic heterocycles. The van der Waals surface area contributed by atoms with Crippen LogP contribution in [0.4, 0.5) is 0 Å². The van der Waals surface area contributed by atoms with Crippen LogP contribution in [0.3, 0.4) is 0 Å². The molecule has 0 spiro atoms. The zero-order valence-corrected chi connectivity index (χ0v) is 15.2. The van der Waals surface area contributed by atoms with Crippen LogP contribution in [0.5, 0.6) is 0 Å². The number of aromatic nitrogens is 3. The second-order valence-electron chi connectivity index (χ2n) is 7.73. The molecular formula is C19H24ClN3O. The van der Waals surface area contributed by atoms with E-state index >= 15 is 0 Å². The minimum Gasteiger partial charge on any atom is -0.383 e. The normalized spacial score (nSPS) is 18.0. The number of aliphatic hydroxyl groups is 1. The first kappa shape index (κ1) is 17.2. The van der Waals surface area contributed by atoms with Gasteiger partial charge in [0.2, 0.25) is 0 Å². The standard InChI is InChI=1S/C19H24ClN3O/c1-18(2,3)9-8-14-4-7-16(17(20)10-14)19(24,15-5-6-15)11-23-13-21-12-22-23/h4,7-10,12-13,15,24H,5-6,11H2,1-3H3/b9-8+. The van der Waals surface area contributed by atoms with E-state index in [1.165, 1.54) is 6.33 Å². The van der Waals surface area contributed by atoms with Crippen molar-refractivity contribution in [2.24, 2.45) is 11.3 Å². The Morgan fingerprint density at radius 1 is 1.33 bits per heavy atom. The molecule has 1 aliphatic rings. The van der Waals surface area contributed by atoms with Gasteiger partial charge in [-0.25, -0.2) is 9.67 Å². The van der Waals surface area contributed by atoms with Crippen LogP contribution in [0.1, 0.15) is 44.7 Å². The second kappa shape index (κ2) is 6.34. The molecule has 0 saturated heterocycles. The molecule has 1 unspecified atom stereocenters. The zero-order valence-electron chi connectivity index (χ0n) is 14.4. The fourth-order valence-electron chi connectivity index (χ4n) is 2.89. The molecule has 1 saturated carbocycles. The van der Waals surface area contributed by atoms with Crippen LogP contribution >= 0.6 is 11.6 Å². The maximum absolute atomic E-state index is 11.3. The maximum Gasteiger partial charge on any atom is 0.137 e. The topological polar surface area (TPSA) is 50.9 Å². The highest BCUT2D eigenvalue weighted by Gasteiger charge is 2.46. The molecule has 0 bridgehead atoms. The van der Waals surface area contributed by atoms with E-state index in [9.17, 15) is 5.11 Å². The van der Waals surface area contributed by atoms with Gasteiger partial charge >= 0.3 is 0 Å². The fourth-order valence-corrected chi connectivity index (χ4v) is 3.24. The van der Waals surface area contributed by atoms with Crippen LogP contribution in [0.25, 0.3) is 6.08 Å². The van der Waals surface area contributed by atoms with Gasteiger partial charge in [-0.1, -0.05) is 56.7 Å². The van der Waals surface area contributed by atoms with Crippen LogP contribution in [0.2, 0.25) is 5.02 Å². The average Bonchev–Trinajstić information content (AvgIpc) is 3.24. The Kier molecular flexibility index (Phi) is 4.54. The number of halogens is 1. The maximum atomic E-state index is 11.3. The quantitative estimate of drug-likeness (QED) is 0.879. The molecule has 2 aromatic rings. The number of hydrogen-bond donors (Lipinski definition) is 1. The SMILES string of the molecule is CC(C)(C)/C=C/c1ccc(C(O)(Cn2cncn2)C2CC2)c(Cl)c1. The molecule has 1 atom stereocenters. The van der Waals surface area contributed by atoms with Crippen LogP contribution in [0, 0.1) is 11.3 Å². The van der Waals surface area contributed by atoms with Crippen molar-refractivity contribution in [3.63, 3.8) is 0 Å². The molecule has 1 heterocycles. The van der Waals surface area contributed by atoms with Gasteiger partial charge < -0.3 is 5.11 Å². The van der Waals surface area contributed by atoms with E-state index in [0.717, 1.165) is 24.0 Å². The Morgan fingerprint density at radius 3 is 2.62 bits per heavy atom. The van der Waals surface area contributed by atoms with Crippen molar-refractivity contribution in [1.29, 1.82) is 0 Å². The lowest BCUT2D eigenvalue weighted by molar-refractivity contribution is -0.00766. The zero-order chi connectivity index (χ0) is 17.4. The Balaban J connectivity index is 1.90. The highest BCUT2D eigenvalue weighted by atomic mass is 35.5. The van der Waals surface area contributed by atoms with Crippen molar-refractivity contribution in [2.45, 2.75) is 45.8 Å². The monoisotopic (exact) mass is 345 g/mol. The molecule has 1 aliphatic carbocycles. The van der Waals surface area contributed by atoms with Crippen molar-refractivity contribution in [2.75, 3.05) is 0 Å². The van der Waals surface area contributed by atoms with Gasteiger partial charge in [0.05, 0.1) is 6.54 Å². The van der Waals surface area contributed by atoms with Gasteiger partial charge in [0.1, 0.15) is 18.3 Å². The first-order valence-electron chi connectivity index (χ1n) is 8.32. The highest BCUT2D eigenvalue weighted by Crippen LogP contribution is 2.48. The van der Waals surface area contributed by atoms with Gasteiger partial charge in [0.25, 0.3) is 0 Å². The first-order valence-corrected chi connectivity index (χ1v) is 8.70. The lowest BCUT2D eigenvalue weighted by Gasteiger charge is -2.29. The second-order valence-corrected chi connectivity index (χ2v) is 8.14. The lowest BCUT2D eigenvalue weighted by Crippen LogP contribution is -2.34. The Bertz CT molecular complexity index is 730. The molecule has 1 aromatic heterocycles. The van der Waals surface area contributed by atoms with Gasteiger partial charge in [0, 0.05) is 10.6 Å². The van der Waals surface area contributed by atoms with Gasteiger partial charge in [-0.15, -0.1) is 0 Å². The predicted octanol–water partition coefficient (Wildman–Crippen LogP) is 4.29. The molecule has 0 radical (unpaired) electrons. The number of rotatable bonds is 5. The number of allylic oxidation sites excluding steroid dienone is 1. The predicted molar refractivity (Wildman–Crippen MR) is 96.6 cm³/mol. The minimum absolute atomic E-state index is 0.118. The largest absolute Gasteiger partial charge is 0.383 e. The van der Waals surface area contributed by atoms with Crippen LogP contribution in [-0.4, -0.2) is 19.9 Å². The third kappa shape index (κ3) is 3.87. The molecule has 4 nitrogen and oxygen atoms in total. The van der Waals surface area contributed by atoms with Crippen LogP contribution < -0.4 is 0 Å². The van der Waals surface area contributed by atoms with Crippen molar-refractivity contribution >= 4 is 17.7 Å². The Labute approximate surface area is 148 Å². The Hall–Kier alpha value is -1.65. The first-order chi connectivity index (χ1) is 11.3.